The second-order valence-corrected chi connectivity index (χ2v) is 6.92. The monoisotopic (exact) mass is 373 g/mol. The number of rotatable bonds is 12. The first kappa shape index (κ1) is 21.0. The van der Waals surface area contributed by atoms with Gasteiger partial charge in [0.1, 0.15) is 5.75 Å². The predicted octanol–water partition coefficient (Wildman–Crippen LogP) is 4.86. The number of amides is 2. The fourth-order valence-corrected chi connectivity index (χ4v) is 3.31. The van der Waals surface area contributed by atoms with Gasteiger partial charge >= 0.3 is 0 Å². The molecule has 2 rings (SSSR count). The lowest BCUT2D eigenvalue weighted by molar-refractivity contribution is -0.138. The molecule has 0 aliphatic carbocycles. The second kappa shape index (κ2) is 10.8. The molecule has 1 aliphatic rings. The van der Waals surface area contributed by atoms with Crippen LogP contribution in [0.2, 0.25) is 0 Å². The highest BCUT2D eigenvalue weighted by Crippen LogP contribution is 2.29. The summed E-state index contributed by atoms with van der Waals surface area (Å²) < 4.78 is 5.39. The summed E-state index contributed by atoms with van der Waals surface area (Å²) in [5, 5.41) is 10.2. The Morgan fingerprint density at radius 2 is 1.44 bits per heavy atom. The molecule has 148 valence electrons. The van der Waals surface area contributed by atoms with Crippen molar-refractivity contribution in [3.63, 3.8) is 0 Å². The molecule has 0 bridgehead atoms. The van der Waals surface area contributed by atoms with Crippen LogP contribution >= 0.6 is 0 Å². The highest BCUT2D eigenvalue weighted by Gasteiger charge is 2.38. The van der Waals surface area contributed by atoms with Crippen molar-refractivity contribution >= 4 is 17.4 Å². The molecule has 1 heterocycles. The number of unbranched alkanes of at least 4 members (excludes halogenated alkanes) is 7. The highest BCUT2D eigenvalue weighted by atomic mass is 16.5. The van der Waals surface area contributed by atoms with E-state index in [0.717, 1.165) is 24.2 Å². The fraction of sp³-hybridized carbons (Fsp3) is 0.545. The van der Waals surface area contributed by atoms with Crippen LogP contribution in [0.4, 0.5) is 0 Å². The first-order chi connectivity index (χ1) is 13.1. The van der Waals surface area contributed by atoms with Crippen LogP contribution in [0.15, 0.2) is 30.0 Å². The lowest BCUT2D eigenvalue weighted by Gasteiger charge is -2.14. The van der Waals surface area contributed by atoms with Gasteiger partial charge in [-0.1, -0.05) is 64.0 Å². The molecule has 1 aliphatic heterocycles. The van der Waals surface area contributed by atoms with E-state index in [4.69, 9.17) is 4.74 Å². The number of imide groups is 1. The van der Waals surface area contributed by atoms with Crippen LogP contribution in [0.1, 0.15) is 70.8 Å². The van der Waals surface area contributed by atoms with E-state index in [1.165, 1.54) is 32.1 Å². The standard InChI is InChI=1S/C22H31NO4/c1-3-5-6-7-8-9-10-11-16-23-21(25)19(20(24)22(23)26)17-12-14-18(15-13-17)27-4-2/h12-15,24H,3-11,16H2,1-2H3. The third-order valence-electron chi connectivity index (χ3n) is 4.83. The largest absolute Gasteiger partial charge is 0.502 e. The number of aliphatic hydroxyl groups excluding tert-OH is 1. The smallest absolute Gasteiger partial charge is 0.296 e. The van der Waals surface area contributed by atoms with Gasteiger partial charge in [0.25, 0.3) is 11.8 Å². The van der Waals surface area contributed by atoms with E-state index in [1.54, 1.807) is 24.3 Å². The average Bonchev–Trinajstić information content (AvgIpc) is 2.88. The summed E-state index contributed by atoms with van der Waals surface area (Å²) in [6, 6.07) is 6.86. The molecule has 0 radical (unpaired) electrons. The van der Waals surface area contributed by atoms with E-state index in [1.807, 2.05) is 6.92 Å². The molecule has 1 aromatic rings. The quantitative estimate of drug-likeness (QED) is 0.419. The highest BCUT2D eigenvalue weighted by molar-refractivity contribution is 6.34. The molecule has 27 heavy (non-hydrogen) atoms. The molecule has 0 aromatic heterocycles. The first-order valence-corrected chi connectivity index (χ1v) is 10.1. The molecule has 0 atom stereocenters. The van der Waals surface area contributed by atoms with Crippen LogP contribution in [-0.2, 0) is 9.59 Å². The van der Waals surface area contributed by atoms with E-state index in [0.29, 0.717) is 24.5 Å². The molecule has 2 amide bonds. The molecule has 1 N–H and O–H groups in total. The van der Waals surface area contributed by atoms with Crippen molar-refractivity contribution < 1.29 is 19.4 Å². The summed E-state index contributed by atoms with van der Waals surface area (Å²) in [6.07, 6.45) is 9.14. The van der Waals surface area contributed by atoms with Crippen LogP contribution in [0.3, 0.4) is 0 Å². The molecule has 0 spiro atoms. The molecular weight excluding hydrogens is 342 g/mol. The van der Waals surface area contributed by atoms with Gasteiger partial charge in [-0.2, -0.15) is 0 Å². The fourth-order valence-electron chi connectivity index (χ4n) is 3.31. The van der Waals surface area contributed by atoms with Gasteiger partial charge in [0.05, 0.1) is 12.2 Å². The second-order valence-electron chi connectivity index (χ2n) is 6.92. The first-order valence-electron chi connectivity index (χ1n) is 10.1. The van der Waals surface area contributed by atoms with E-state index >= 15 is 0 Å². The average molecular weight is 373 g/mol. The molecular formula is C22H31NO4. The zero-order valence-corrected chi connectivity index (χ0v) is 16.5. The Morgan fingerprint density at radius 3 is 2.04 bits per heavy atom. The third kappa shape index (κ3) is 5.59. The Bertz CT molecular complexity index is 663. The number of hydrogen-bond donors (Lipinski definition) is 1. The number of aliphatic hydroxyl groups is 1. The number of nitrogens with zero attached hydrogens (tertiary/aromatic N) is 1. The minimum Gasteiger partial charge on any atom is -0.502 e. The van der Waals surface area contributed by atoms with Gasteiger partial charge in [-0.15, -0.1) is 0 Å². The van der Waals surface area contributed by atoms with Crippen LogP contribution in [0.5, 0.6) is 5.75 Å². The summed E-state index contributed by atoms with van der Waals surface area (Å²) in [7, 11) is 0. The van der Waals surface area contributed by atoms with Gasteiger partial charge in [0.2, 0.25) is 0 Å². The van der Waals surface area contributed by atoms with E-state index in [2.05, 4.69) is 6.92 Å². The minimum atomic E-state index is -0.591. The van der Waals surface area contributed by atoms with Crippen molar-refractivity contribution in [2.75, 3.05) is 13.2 Å². The molecule has 5 nitrogen and oxygen atoms in total. The Kier molecular flexibility index (Phi) is 8.37. The van der Waals surface area contributed by atoms with E-state index < -0.39 is 17.6 Å². The number of carbonyl (C=O) groups is 2. The molecule has 0 saturated heterocycles. The number of hydrogen-bond acceptors (Lipinski definition) is 4. The van der Waals surface area contributed by atoms with Crippen LogP contribution < -0.4 is 4.74 Å². The summed E-state index contributed by atoms with van der Waals surface area (Å²) in [6.45, 7) is 5.01. The zero-order chi connectivity index (χ0) is 19.6. The third-order valence-corrected chi connectivity index (χ3v) is 4.83. The summed E-state index contributed by atoms with van der Waals surface area (Å²) in [5.41, 5.74) is 0.621. The number of carbonyl (C=O) groups excluding carboxylic acids is 2. The normalized spacial score (nSPS) is 14.4. The lowest BCUT2D eigenvalue weighted by Crippen LogP contribution is -2.32. The summed E-state index contributed by atoms with van der Waals surface area (Å²) in [5.74, 6) is -0.769. The van der Waals surface area contributed by atoms with Crippen molar-refractivity contribution in [2.24, 2.45) is 0 Å². The molecule has 0 fully saturated rings. The number of benzene rings is 1. The lowest BCUT2D eigenvalue weighted by atomic mass is 10.1. The SMILES string of the molecule is CCCCCCCCCCN1C(=O)C(O)=C(c2ccc(OCC)cc2)C1=O. The van der Waals surface area contributed by atoms with Crippen LogP contribution in [0, 0.1) is 0 Å². The maximum Gasteiger partial charge on any atom is 0.296 e. The van der Waals surface area contributed by atoms with Crippen molar-refractivity contribution in [3.05, 3.63) is 35.6 Å². The van der Waals surface area contributed by atoms with Crippen molar-refractivity contribution in [3.8, 4) is 5.75 Å². The number of ether oxygens (including phenoxy) is 1. The molecule has 1 aromatic carbocycles. The molecule has 5 heteroatoms. The van der Waals surface area contributed by atoms with Gasteiger partial charge < -0.3 is 9.84 Å². The Balaban J connectivity index is 1.86. The minimum absolute atomic E-state index is 0.0858. The van der Waals surface area contributed by atoms with Crippen molar-refractivity contribution in [2.45, 2.75) is 65.2 Å². The summed E-state index contributed by atoms with van der Waals surface area (Å²) in [4.78, 5) is 26.1. The van der Waals surface area contributed by atoms with Gasteiger partial charge in [-0.3, -0.25) is 14.5 Å². The van der Waals surface area contributed by atoms with Gasteiger partial charge in [0.15, 0.2) is 5.76 Å². The van der Waals surface area contributed by atoms with Gasteiger partial charge in [0, 0.05) is 6.54 Å². The van der Waals surface area contributed by atoms with E-state index in [9.17, 15) is 14.7 Å². The zero-order valence-electron chi connectivity index (χ0n) is 16.5. The Labute approximate surface area is 162 Å². The Morgan fingerprint density at radius 1 is 0.852 bits per heavy atom. The van der Waals surface area contributed by atoms with E-state index in [-0.39, 0.29) is 5.57 Å². The summed E-state index contributed by atoms with van der Waals surface area (Å²) >= 11 is 0. The van der Waals surface area contributed by atoms with Crippen LogP contribution in [-0.4, -0.2) is 35.0 Å². The van der Waals surface area contributed by atoms with Crippen molar-refractivity contribution in [1.29, 1.82) is 0 Å². The maximum absolute atomic E-state index is 12.6. The van der Waals surface area contributed by atoms with Gasteiger partial charge in [-0.25, -0.2) is 0 Å². The Hall–Kier alpha value is -2.30. The topological polar surface area (TPSA) is 66.8 Å². The molecule has 0 unspecified atom stereocenters. The predicted molar refractivity (Wildman–Crippen MR) is 106 cm³/mol. The maximum atomic E-state index is 12.6. The molecule has 0 saturated carbocycles. The van der Waals surface area contributed by atoms with Gasteiger partial charge in [-0.05, 0) is 31.0 Å². The van der Waals surface area contributed by atoms with Crippen LogP contribution in [0.25, 0.3) is 5.57 Å². The van der Waals surface area contributed by atoms with Crippen molar-refractivity contribution in [1.82, 2.24) is 4.90 Å².